The maximum absolute atomic E-state index is 5.91. The Hall–Kier alpha value is -1.36. The van der Waals surface area contributed by atoms with Crippen LogP contribution >= 0.6 is 23.2 Å². The van der Waals surface area contributed by atoms with Crippen LogP contribution in [0.2, 0.25) is 10.0 Å². The van der Waals surface area contributed by atoms with E-state index in [0.29, 0.717) is 21.6 Å². The van der Waals surface area contributed by atoms with Crippen molar-refractivity contribution in [1.29, 1.82) is 0 Å². The third-order valence-corrected chi connectivity index (χ3v) is 2.41. The van der Waals surface area contributed by atoms with E-state index in [0.717, 1.165) is 5.56 Å². The summed E-state index contributed by atoms with van der Waals surface area (Å²) in [4.78, 5) is 8.23. The maximum Gasteiger partial charge on any atom is 0.166 e. The number of halogens is 2. The van der Waals surface area contributed by atoms with Gasteiger partial charge in [-0.2, -0.15) is 0 Å². The summed E-state index contributed by atoms with van der Waals surface area (Å²) in [5.74, 6) is 5.82. The Morgan fingerprint density at radius 3 is 2.25 bits per heavy atom. The van der Waals surface area contributed by atoms with Crippen molar-refractivity contribution in [3.63, 3.8) is 0 Å². The fraction of sp³-hybridized carbons (Fsp3) is 0. The summed E-state index contributed by atoms with van der Waals surface area (Å²) in [7, 11) is 0. The van der Waals surface area contributed by atoms with Crippen LogP contribution in [0.15, 0.2) is 30.6 Å². The van der Waals surface area contributed by atoms with E-state index in [4.69, 9.17) is 29.0 Å². The van der Waals surface area contributed by atoms with Crippen molar-refractivity contribution >= 4 is 29.0 Å². The number of rotatable bonds is 2. The van der Waals surface area contributed by atoms with Crippen molar-refractivity contribution in [2.75, 3.05) is 5.43 Å². The topological polar surface area (TPSA) is 63.8 Å². The lowest BCUT2D eigenvalue weighted by Crippen LogP contribution is -2.10. The molecule has 1 aromatic carbocycles. The fourth-order valence-corrected chi connectivity index (χ4v) is 1.87. The first kappa shape index (κ1) is 11.1. The second kappa shape index (κ2) is 4.65. The number of hydrogen-bond donors (Lipinski definition) is 2. The van der Waals surface area contributed by atoms with Gasteiger partial charge in [-0.25, -0.2) is 10.8 Å². The number of hydrazine groups is 1. The van der Waals surface area contributed by atoms with Crippen molar-refractivity contribution in [2.45, 2.75) is 0 Å². The van der Waals surface area contributed by atoms with Crippen molar-refractivity contribution in [1.82, 2.24) is 9.97 Å². The van der Waals surface area contributed by atoms with Gasteiger partial charge in [-0.1, -0.05) is 23.2 Å². The zero-order valence-corrected chi connectivity index (χ0v) is 9.63. The molecule has 0 amide bonds. The molecule has 16 heavy (non-hydrogen) atoms. The zero-order valence-electron chi connectivity index (χ0n) is 8.11. The second-order valence-electron chi connectivity index (χ2n) is 3.06. The lowest BCUT2D eigenvalue weighted by atomic mass is 10.1. The van der Waals surface area contributed by atoms with Gasteiger partial charge in [0.15, 0.2) is 5.82 Å². The predicted octanol–water partition coefficient (Wildman–Crippen LogP) is 2.74. The first-order valence-corrected chi connectivity index (χ1v) is 5.20. The van der Waals surface area contributed by atoms with Gasteiger partial charge in [0, 0.05) is 28.0 Å². The number of aromatic nitrogens is 2. The van der Waals surface area contributed by atoms with Crippen LogP contribution < -0.4 is 11.3 Å². The summed E-state index contributed by atoms with van der Waals surface area (Å²) < 4.78 is 0. The molecule has 0 aliphatic rings. The summed E-state index contributed by atoms with van der Waals surface area (Å²) in [6, 6.07) is 5.15. The van der Waals surface area contributed by atoms with E-state index in [1.807, 2.05) is 0 Å². The largest absolute Gasteiger partial charge is 0.307 e. The minimum atomic E-state index is 0.473. The molecule has 3 N–H and O–H groups in total. The Kier molecular flexibility index (Phi) is 3.24. The van der Waals surface area contributed by atoms with Crippen molar-refractivity contribution in [3.05, 3.63) is 40.6 Å². The van der Waals surface area contributed by atoms with Gasteiger partial charge < -0.3 is 5.43 Å². The highest BCUT2D eigenvalue weighted by Crippen LogP contribution is 2.28. The molecule has 0 fully saturated rings. The van der Waals surface area contributed by atoms with Crippen LogP contribution in [0.5, 0.6) is 0 Å². The highest BCUT2D eigenvalue weighted by molar-refractivity contribution is 6.35. The van der Waals surface area contributed by atoms with Gasteiger partial charge >= 0.3 is 0 Å². The van der Waals surface area contributed by atoms with Crippen LogP contribution in [0, 0.1) is 0 Å². The molecule has 82 valence electrons. The summed E-state index contributed by atoms with van der Waals surface area (Å²) in [6.07, 6.45) is 3.12. The molecule has 0 aliphatic heterocycles. The smallest absolute Gasteiger partial charge is 0.166 e. The van der Waals surface area contributed by atoms with Gasteiger partial charge in [-0.15, -0.1) is 0 Å². The van der Waals surface area contributed by atoms with Crippen LogP contribution in [-0.2, 0) is 0 Å². The molecule has 0 radical (unpaired) electrons. The Balaban J connectivity index is 2.58. The lowest BCUT2D eigenvalue weighted by molar-refractivity contribution is 1.16. The molecular formula is C10H8Cl2N4. The molecule has 4 nitrogen and oxygen atoms in total. The third-order valence-electron chi connectivity index (χ3n) is 1.97. The van der Waals surface area contributed by atoms with Gasteiger partial charge in [0.1, 0.15) is 5.69 Å². The van der Waals surface area contributed by atoms with E-state index in [-0.39, 0.29) is 0 Å². The van der Waals surface area contributed by atoms with E-state index in [9.17, 15) is 0 Å². The van der Waals surface area contributed by atoms with E-state index in [1.54, 1.807) is 30.6 Å². The molecule has 0 atom stereocenters. The molecule has 0 saturated heterocycles. The Labute approximate surface area is 102 Å². The number of nitrogens with two attached hydrogens (primary N) is 1. The number of nitrogens with zero attached hydrogens (tertiary/aromatic N) is 2. The average Bonchev–Trinajstić information content (AvgIpc) is 2.27. The third kappa shape index (κ3) is 2.24. The molecule has 2 rings (SSSR count). The lowest BCUT2D eigenvalue weighted by Gasteiger charge is -2.07. The summed E-state index contributed by atoms with van der Waals surface area (Å²) in [5, 5.41) is 1.08. The fourth-order valence-electron chi connectivity index (χ4n) is 1.35. The van der Waals surface area contributed by atoms with Gasteiger partial charge in [-0.05, 0) is 18.2 Å². The quantitative estimate of drug-likeness (QED) is 0.639. The van der Waals surface area contributed by atoms with E-state index >= 15 is 0 Å². The summed E-state index contributed by atoms with van der Waals surface area (Å²) in [6.45, 7) is 0. The molecule has 0 saturated carbocycles. The Bertz CT molecular complexity index is 496. The van der Waals surface area contributed by atoms with Crippen molar-refractivity contribution < 1.29 is 0 Å². The monoisotopic (exact) mass is 254 g/mol. The van der Waals surface area contributed by atoms with Crippen LogP contribution in [0.3, 0.4) is 0 Å². The predicted molar refractivity (Wildman–Crippen MR) is 65.3 cm³/mol. The van der Waals surface area contributed by atoms with E-state index in [2.05, 4.69) is 15.4 Å². The SMILES string of the molecule is NNc1nccnc1-c1cc(Cl)cc(Cl)c1. The van der Waals surface area contributed by atoms with Crippen LogP contribution in [-0.4, -0.2) is 9.97 Å². The minimum Gasteiger partial charge on any atom is -0.307 e. The molecule has 0 aliphatic carbocycles. The van der Waals surface area contributed by atoms with Crippen LogP contribution in [0.25, 0.3) is 11.3 Å². The normalized spacial score (nSPS) is 10.2. The Morgan fingerprint density at radius 1 is 1.00 bits per heavy atom. The number of nitrogen functional groups attached to an aromatic ring is 1. The van der Waals surface area contributed by atoms with Crippen molar-refractivity contribution in [2.24, 2.45) is 5.84 Å². The maximum atomic E-state index is 5.91. The number of anilines is 1. The molecule has 1 heterocycles. The summed E-state index contributed by atoms with van der Waals surface area (Å²) >= 11 is 11.8. The van der Waals surface area contributed by atoms with Crippen LogP contribution in [0.4, 0.5) is 5.82 Å². The summed E-state index contributed by atoms with van der Waals surface area (Å²) in [5.41, 5.74) is 3.84. The van der Waals surface area contributed by atoms with Crippen molar-refractivity contribution in [3.8, 4) is 11.3 Å². The van der Waals surface area contributed by atoms with Gasteiger partial charge in [0.2, 0.25) is 0 Å². The number of benzene rings is 1. The molecule has 6 heteroatoms. The van der Waals surface area contributed by atoms with Crippen LogP contribution in [0.1, 0.15) is 0 Å². The molecule has 0 unspecified atom stereocenters. The molecule has 0 spiro atoms. The van der Waals surface area contributed by atoms with E-state index < -0.39 is 0 Å². The molecular weight excluding hydrogens is 247 g/mol. The second-order valence-corrected chi connectivity index (χ2v) is 3.93. The van der Waals surface area contributed by atoms with Gasteiger partial charge in [0.25, 0.3) is 0 Å². The van der Waals surface area contributed by atoms with Gasteiger partial charge in [0.05, 0.1) is 0 Å². The average molecular weight is 255 g/mol. The van der Waals surface area contributed by atoms with Gasteiger partial charge in [-0.3, -0.25) is 4.98 Å². The molecule has 1 aromatic heterocycles. The highest BCUT2D eigenvalue weighted by Gasteiger charge is 2.08. The number of nitrogens with one attached hydrogen (secondary N) is 1. The molecule has 2 aromatic rings. The standard InChI is InChI=1S/C10H8Cl2N4/c11-7-3-6(4-8(12)5-7)9-10(16-13)15-2-1-14-9/h1-5H,13H2,(H,15,16). The Morgan fingerprint density at radius 2 is 1.62 bits per heavy atom. The van der Waals surface area contributed by atoms with E-state index in [1.165, 1.54) is 0 Å². The first-order valence-electron chi connectivity index (χ1n) is 4.45. The minimum absolute atomic E-state index is 0.473. The first-order chi connectivity index (χ1) is 7.70. The molecule has 0 bridgehead atoms. The highest BCUT2D eigenvalue weighted by atomic mass is 35.5. The number of hydrogen-bond acceptors (Lipinski definition) is 4. The zero-order chi connectivity index (χ0) is 11.5.